The molecule has 0 fully saturated rings. The summed E-state index contributed by atoms with van der Waals surface area (Å²) in [6, 6.07) is 6.97. The predicted molar refractivity (Wildman–Crippen MR) is 67.7 cm³/mol. The van der Waals surface area contributed by atoms with Gasteiger partial charge < -0.3 is 9.88 Å². The molecule has 0 atom stereocenters. The van der Waals surface area contributed by atoms with Crippen LogP contribution in [0.4, 0.5) is 4.39 Å². The summed E-state index contributed by atoms with van der Waals surface area (Å²) in [4.78, 5) is 4.40. The molecule has 0 radical (unpaired) electrons. The van der Waals surface area contributed by atoms with Gasteiger partial charge in [-0.05, 0) is 18.1 Å². The topological polar surface area (TPSA) is 29.9 Å². The highest BCUT2D eigenvalue weighted by atomic mass is 19.1. The molecule has 0 unspecified atom stereocenters. The normalized spacial score (nSPS) is 14.5. The second-order valence-corrected chi connectivity index (χ2v) is 4.60. The molecule has 2 heterocycles. The second kappa shape index (κ2) is 4.90. The van der Waals surface area contributed by atoms with Crippen LogP contribution in [0.25, 0.3) is 0 Å². The molecule has 4 heteroatoms. The number of aryl methyl sites for hydroxylation is 2. The molecular weight excluding hydrogens is 229 g/mol. The monoisotopic (exact) mass is 245 g/mol. The molecule has 2 aromatic rings. The minimum atomic E-state index is -0.117. The highest BCUT2D eigenvalue weighted by Gasteiger charge is 2.14. The maximum atomic E-state index is 13.5. The number of nitrogens with one attached hydrogen (secondary N) is 1. The molecule has 1 aromatic heterocycles. The smallest absolute Gasteiger partial charge is 0.126 e. The van der Waals surface area contributed by atoms with Gasteiger partial charge in [-0.25, -0.2) is 9.37 Å². The number of hydrogen-bond acceptors (Lipinski definition) is 2. The second-order valence-electron chi connectivity index (χ2n) is 4.60. The van der Waals surface area contributed by atoms with Crippen molar-refractivity contribution < 1.29 is 4.39 Å². The quantitative estimate of drug-likeness (QED) is 0.895. The van der Waals surface area contributed by atoms with Gasteiger partial charge in [0.2, 0.25) is 0 Å². The first-order valence-corrected chi connectivity index (χ1v) is 6.31. The lowest BCUT2D eigenvalue weighted by Crippen LogP contribution is -2.25. The molecule has 1 aliphatic rings. The first kappa shape index (κ1) is 11.4. The minimum Gasteiger partial charge on any atom is -0.334 e. The highest BCUT2D eigenvalue weighted by Crippen LogP contribution is 2.14. The van der Waals surface area contributed by atoms with Crippen LogP contribution in [0.5, 0.6) is 0 Å². The van der Waals surface area contributed by atoms with Crippen LogP contribution in [-0.4, -0.2) is 16.1 Å². The van der Waals surface area contributed by atoms with E-state index in [-0.39, 0.29) is 5.82 Å². The SMILES string of the molecule is Fc1ccccc1CCn1cnc2c1CCNC2. The van der Waals surface area contributed by atoms with Crippen molar-refractivity contribution in [2.45, 2.75) is 25.9 Å². The Bertz CT molecular complexity index is 548. The fraction of sp³-hybridized carbons (Fsp3) is 0.357. The van der Waals surface area contributed by atoms with Crippen LogP contribution in [0.15, 0.2) is 30.6 Å². The molecular formula is C14H16FN3. The Hall–Kier alpha value is -1.68. The van der Waals surface area contributed by atoms with E-state index in [0.29, 0.717) is 6.42 Å². The fourth-order valence-electron chi connectivity index (χ4n) is 2.43. The third kappa shape index (κ3) is 2.16. The first-order valence-electron chi connectivity index (χ1n) is 6.31. The van der Waals surface area contributed by atoms with E-state index in [1.807, 2.05) is 18.5 Å². The summed E-state index contributed by atoms with van der Waals surface area (Å²) in [5.41, 5.74) is 3.20. The van der Waals surface area contributed by atoms with Gasteiger partial charge >= 0.3 is 0 Å². The fourth-order valence-corrected chi connectivity index (χ4v) is 2.43. The van der Waals surface area contributed by atoms with Crippen molar-refractivity contribution in [3.05, 3.63) is 53.4 Å². The van der Waals surface area contributed by atoms with Crippen molar-refractivity contribution in [3.63, 3.8) is 0 Å². The van der Waals surface area contributed by atoms with Crippen molar-refractivity contribution in [3.8, 4) is 0 Å². The Morgan fingerprint density at radius 2 is 2.22 bits per heavy atom. The van der Waals surface area contributed by atoms with E-state index < -0.39 is 0 Å². The molecule has 0 bridgehead atoms. The van der Waals surface area contributed by atoms with Gasteiger partial charge in [0.15, 0.2) is 0 Å². The van der Waals surface area contributed by atoms with Gasteiger partial charge in [0, 0.05) is 31.7 Å². The number of nitrogens with zero attached hydrogens (tertiary/aromatic N) is 2. The van der Waals surface area contributed by atoms with E-state index in [9.17, 15) is 4.39 Å². The summed E-state index contributed by atoms with van der Waals surface area (Å²) >= 11 is 0. The van der Waals surface area contributed by atoms with Crippen molar-refractivity contribution in [2.24, 2.45) is 0 Å². The molecule has 3 nitrogen and oxygen atoms in total. The largest absolute Gasteiger partial charge is 0.334 e. The van der Waals surface area contributed by atoms with Gasteiger partial charge in [-0.15, -0.1) is 0 Å². The lowest BCUT2D eigenvalue weighted by atomic mass is 10.1. The zero-order valence-electron chi connectivity index (χ0n) is 10.2. The van der Waals surface area contributed by atoms with Crippen LogP contribution in [0.1, 0.15) is 17.0 Å². The van der Waals surface area contributed by atoms with Gasteiger partial charge in [-0.3, -0.25) is 0 Å². The zero-order valence-corrected chi connectivity index (χ0v) is 10.2. The molecule has 1 aromatic carbocycles. The summed E-state index contributed by atoms with van der Waals surface area (Å²) in [6.07, 6.45) is 3.59. The van der Waals surface area contributed by atoms with Crippen molar-refractivity contribution >= 4 is 0 Å². The average molecular weight is 245 g/mol. The zero-order chi connectivity index (χ0) is 12.4. The van der Waals surface area contributed by atoms with E-state index >= 15 is 0 Å². The molecule has 0 saturated heterocycles. The van der Waals surface area contributed by atoms with Crippen LogP contribution in [0.3, 0.4) is 0 Å². The van der Waals surface area contributed by atoms with E-state index in [1.54, 1.807) is 6.07 Å². The summed E-state index contributed by atoms with van der Waals surface area (Å²) in [5, 5.41) is 3.30. The van der Waals surface area contributed by atoms with Crippen LogP contribution < -0.4 is 5.32 Å². The Kier molecular flexibility index (Phi) is 3.11. The Morgan fingerprint density at radius 3 is 3.11 bits per heavy atom. The summed E-state index contributed by atoms with van der Waals surface area (Å²) in [7, 11) is 0. The third-order valence-corrected chi connectivity index (χ3v) is 3.44. The Morgan fingerprint density at radius 1 is 1.33 bits per heavy atom. The van der Waals surface area contributed by atoms with Crippen LogP contribution in [0, 0.1) is 5.82 Å². The number of rotatable bonds is 3. The molecule has 0 aliphatic carbocycles. The average Bonchev–Trinajstić information content (AvgIpc) is 2.81. The summed E-state index contributed by atoms with van der Waals surface area (Å²) in [5.74, 6) is -0.117. The van der Waals surface area contributed by atoms with Gasteiger partial charge in [0.05, 0.1) is 12.0 Å². The lowest BCUT2D eigenvalue weighted by Gasteiger charge is -2.15. The Labute approximate surface area is 106 Å². The number of halogens is 1. The van der Waals surface area contributed by atoms with Crippen LogP contribution in [-0.2, 0) is 25.9 Å². The first-order chi connectivity index (χ1) is 8.84. The standard InChI is InChI=1S/C14H16FN3/c15-12-4-2-1-3-11(12)6-8-18-10-17-13-9-16-7-5-14(13)18/h1-4,10,16H,5-9H2. The number of hydrogen-bond donors (Lipinski definition) is 1. The van der Waals surface area contributed by atoms with Crippen molar-refractivity contribution in [1.82, 2.24) is 14.9 Å². The minimum absolute atomic E-state index is 0.117. The number of fused-ring (bicyclic) bond motifs is 1. The van der Waals surface area contributed by atoms with Crippen LogP contribution >= 0.6 is 0 Å². The number of benzene rings is 1. The molecule has 94 valence electrons. The molecule has 18 heavy (non-hydrogen) atoms. The molecule has 0 amide bonds. The predicted octanol–water partition coefficient (Wildman–Crippen LogP) is 1.91. The van der Waals surface area contributed by atoms with Crippen LogP contribution in [0.2, 0.25) is 0 Å². The van der Waals surface area contributed by atoms with E-state index in [0.717, 1.165) is 37.3 Å². The highest BCUT2D eigenvalue weighted by molar-refractivity contribution is 5.19. The van der Waals surface area contributed by atoms with E-state index in [4.69, 9.17) is 0 Å². The molecule has 1 N–H and O–H groups in total. The third-order valence-electron chi connectivity index (χ3n) is 3.44. The van der Waals surface area contributed by atoms with Gasteiger partial charge in [0.1, 0.15) is 5.82 Å². The molecule has 3 rings (SSSR count). The summed E-state index contributed by atoms with van der Waals surface area (Å²) < 4.78 is 15.7. The summed E-state index contributed by atoms with van der Waals surface area (Å²) in [6.45, 7) is 2.64. The molecule has 0 saturated carbocycles. The van der Waals surface area contributed by atoms with Crippen molar-refractivity contribution in [1.29, 1.82) is 0 Å². The van der Waals surface area contributed by atoms with Gasteiger partial charge in [-0.1, -0.05) is 18.2 Å². The molecule has 1 aliphatic heterocycles. The lowest BCUT2D eigenvalue weighted by molar-refractivity contribution is 0.568. The van der Waals surface area contributed by atoms with E-state index in [1.165, 1.54) is 11.8 Å². The van der Waals surface area contributed by atoms with Crippen molar-refractivity contribution in [2.75, 3.05) is 6.54 Å². The maximum absolute atomic E-state index is 13.5. The Balaban J connectivity index is 1.74. The van der Waals surface area contributed by atoms with Gasteiger partial charge in [-0.2, -0.15) is 0 Å². The van der Waals surface area contributed by atoms with E-state index in [2.05, 4.69) is 14.9 Å². The number of imidazole rings is 1. The van der Waals surface area contributed by atoms with Gasteiger partial charge in [0.25, 0.3) is 0 Å². The number of aromatic nitrogens is 2. The maximum Gasteiger partial charge on any atom is 0.126 e. The molecule has 0 spiro atoms.